The first-order valence-electron chi connectivity index (χ1n) is 12.8. The molecule has 0 heterocycles. The fourth-order valence-electron chi connectivity index (χ4n) is 6.55. The number of hydrogen-bond donors (Lipinski definition) is 0. The Kier molecular flexibility index (Phi) is 4.15. The zero-order valence-corrected chi connectivity index (χ0v) is 20.0. The van der Waals surface area contributed by atoms with Gasteiger partial charge in [0.2, 0.25) is 0 Å². The standard InChI is InChI=1S/C36H24/c1-3-13-29-27(7-1)21-33-31(29)19-17-25-11-5-9-23(35(25)33)15-16-24-10-6-12-26-18-20-32-30-14-4-2-8-28(30)22-34(32)36(24)26/h1-20H,21-22H2. The Bertz CT molecular complexity index is 1740. The second-order valence-corrected chi connectivity index (χ2v) is 10.1. The summed E-state index contributed by atoms with van der Waals surface area (Å²) in [4.78, 5) is 0. The minimum absolute atomic E-state index is 1.01. The molecule has 0 aromatic heterocycles. The first kappa shape index (κ1) is 19.8. The molecule has 6 aromatic carbocycles. The van der Waals surface area contributed by atoms with Gasteiger partial charge in [-0.15, -0.1) is 0 Å². The van der Waals surface area contributed by atoms with Crippen LogP contribution in [-0.2, 0) is 12.8 Å². The van der Waals surface area contributed by atoms with Gasteiger partial charge in [0.1, 0.15) is 0 Å². The van der Waals surface area contributed by atoms with Gasteiger partial charge in [-0.1, -0.05) is 121 Å². The van der Waals surface area contributed by atoms with Gasteiger partial charge in [-0.25, -0.2) is 0 Å². The summed E-state index contributed by atoms with van der Waals surface area (Å²) >= 11 is 0. The zero-order valence-electron chi connectivity index (χ0n) is 20.0. The molecule has 0 N–H and O–H groups in total. The molecule has 0 saturated carbocycles. The van der Waals surface area contributed by atoms with Crippen LogP contribution in [0.5, 0.6) is 0 Å². The molecule has 0 aliphatic heterocycles. The van der Waals surface area contributed by atoms with E-state index >= 15 is 0 Å². The van der Waals surface area contributed by atoms with Crippen LogP contribution in [-0.4, -0.2) is 0 Å². The highest BCUT2D eigenvalue weighted by Crippen LogP contribution is 2.43. The van der Waals surface area contributed by atoms with Crippen molar-refractivity contribution in [2.75, 3.05) is 0 Å². The van der Waals surface area contributed by atoms with Gasteiger partial charge in [0.15, 0.2) is 0 Å². The van der Waals surface area contributed by atoms with Crippen LogP contribution in [0.15, 0.2) is 109 Å². The Morgan fingerprint density at radius 3 is 1.36 bits per heavy atom. The number of rotatable bonds is 2. The van der Waals surface area contributed by atoms with Gasteiger partial charge in [0.25, 0.3) is 0 Å². The van der Waals surface area contributed by atoms with Crippen LogP contribution in [0.3, 0.4) is 0 Å². The minimum Gasteiger partial charge on any atom is -0.0619 e. The third-order valence-corrected chi connectivity index (χ3v) is 8.16. The minimum atomic E-state index is 1.01. The zero-order chi connectivity index (χ0) is 23.6. The molecule has 168 valence electrons. The average molecular weight is 457 g/mol. The molecule has 2 aliphatic rings. The Labute approximate surface area is 211 Å². The van der Waals surface area contributed by atoms with E-state index in [4.69, 9.17) is 0 Å². The van der Waals surface area contributed by atoms with Crippen molar-refractivity contribution >= 4 is 33.7 Å². The molecule has 0 radical (unpaired) electrons. The monoisotopic (exact) mass is 456 g/mol. The Morgan fingerprint density at radius 1 is 0.389 bits per heavy atom. The van der Waals surface area contributed by atoms with Gasteiger partial charge in [-0.05, 0) is 90.0 Å². The molecule has 0 atom stereocenters. The lowest BCUT2D eigenvalue weighted by Crippen LogP contribution is -1.89. The van der Waals surface area contributed by atoms with Crippen molar-refractivity contribution in [3.8, 4) is 22.3 Å². The van der Waals surface area contributed by atoms with Crippen LogP contribution >= 0.6 is 0 Å². The molecule has 0 saturated heterocycles. The van der Waals surface area contributed by atoms with E-state index in [0.717, 1.165) is 12.8 Å². The van der Waals surface area contributed by atoms with Crippen molar-refractivity contribution in [1.82, 2.24) is 0 Å². The van der Waals surface area contributed by atoms with Gasteiger partial charge in [0, 0.05) is 0 Å². The second kappa shape index (κ2) is 7.54. The summed E-state index contributed by atoms with van der Waals surface area (Å²) in [5.74, 6) is 0. The molecule has 0 bridgehead atoms. The number of hydrogen-bond acceptors (Lipinski definition) is 0. The highest BCUT2D eigenvalue weighted by molar-refractivity contribution is 6.04. The molecule has 0 spiro atoms. The molecule has 0 amide bonds. The molecule has 8 rings (SSSR count). The molecule has 36 heavy (non-hydrogen) atoms. The van der Waals surface area contributed by atoms with E-state index in [9.17, 15) is 0 Å². The SMILES string of the molecule is C(=Cc1cccc2ccc3c(c12)Cc1ccccc1-3)c1cccc2ccc3c(c12)Cc1ccccc1-3. The van der Waals surface area contributed by atoms with Gasteiger partial charge in [-0.3, -0.25) is 0 Å². The highest BCUT2D eigenvalue weighted by Gasteiger charge is 2.22. The quantitative estimate of drug-likeness (QED) is 0.227. The van der Waals surface area contributed by atoms with Crippen molar-refractivity contribution < 1.29 is 0 Å². The molecular weight excluding hydrogens is 432 g/mol. The summed E-state index contributed by atoms with van der Waals surface area (Å²) < 4.78 is 0. The first-order chi connectivity index (χ1) is 17.8. The average Bonchev–Trinajstić information content (AvgIpc) is 3.50. The van der Waals surface area contributed by atoms with E-state index in [1.807, 2.05) is 0 Å². The van der Waals surface area contributed by atoms with E-state index in [1.54, 1.807) is 0 Å². The molecule has 0 nitrogen and oxygen atoms in total. The van der Waals surface area contributed by atoms with E-state index in [0.29, 0.717) is 0 Å². The van der Waals surface area contributed by atoms with Gasteiger partial charge in [0.05, 0.1) is 0 Å². The lowest BCUT2D eigenvalue weighted by atomic mass is 9.93. The van der Waals surface area contributed by atoms with Crippen LogP contribution in [0.4, 0.5) is 0 Å². The number of fused-ring (bicyclic) bond motifs is 10. The van der Waals surface area contributed by atoms with Crippen molar-refractivity contribution in [3.63, 3.8) is 0 Å². The summed E-state index contributed by atoms with van der Waals surface area (Å²) in [6, 6.07) is 40.3. The van der Waals surface area contributed by atoms with Crippen molar-refractivity contribution in [3.05, 3.63) is 143 Å². The van der Waals surface area contributed by atoms with Crippen LogP contribution in [0.1, 0.15) is 33.4 Å². The third-order valence-electron chi connectivity index (χ3n) is 8.16. The van der Waals surface area contributed by atoms with Crippen molar-refractivity contribution in [1.29, 1.82) is 0 Å². The second-order valence-electron chi connectivity index (χ2n) is 10.1. The van der Waals surface area contributed by atoms with E-state index in [-0.39, 0.29) is 0 Å². The molecule has 0 heteroatoms. The third kappa shape index (κ3) is 2.82. The summed E-state index contributed by atoms with van der Waals surface area (Å²) in [6.07, 6.45) is 6.69. The van der Waals surface area contributed by atoms with Crippen molar-refractivity contribution in [2.45, 2.75) is 12.8 Å². The van der Waals surface area contributed by atoms with Gasteiger partial charge < -0.3 is 0 Å². The smallest absolute Gasteiger partial charge is 0.000707 e. The lowest BCUT2D eigenvalue weighted by molar-refractivity contribution is 1.28. The maximum absolute atomic E-state index is 2.34. The molecule has 6 aromatic rings. The van der Waals surface area contributed by atoms with Crippen LogP contribution in [0, 0.1) is 0 Å². The Balaban J connectivity index is 1.30. The predicted molar refractivity (Wildman–Crippen MR) is 153 cm³/mol. The summed E-state index contributed by atoms with van der Waals surface area (Å²) in [6.45, 7) is 0. The Morgan fingerprint density at radius 2 is 0.861 bits per heavy atom. The predicted octanol–water partition coefficient (Wildman–Crippen LogP) is 9.31. The largest absolute Gasteiger partial charge is 0.0619 e. The molecule has 0 fully saturated rings. The Hall–Kier alpha value is -4.42. The van der Waals surface area contributed by atoms with Crippen LogP contribution in [0.25, 0.3) is 56.0 Å². The fourth-order valence-corrected chi connectivity index (χ4v) is 6.55. The summed E-state index contributed by atoms with van der Waals surface area (Å²) in [5, 5.41) is 5.41. The molecule has 0 unspecified atom stereocenters. The molecular formula is C36H24. The summed E-state index contributed by atoms with van der Waals surface area (Å²) in [5.41, 5.74) is 13.9. The van der Waals surface area contributed by atoms with E-state index in [1.165, 1.54) is 77.2 Å². The van der Waals surface area contributed by atoms with Crippen LogP contribution in [0.2, 0.25) is 0 Å². The molecule has 2 aliphatic carbocycles. The van der Waals surface area contributed by atoms with Gasteiger partial charge in [-0.2, -0.15) is 0 Å². The van der Waals surface area contributed by atoms with E-state index < -0.39 is 0 Å². The fraction of sp³-hybridized carbons (Fsp3) is 0.0556. The van der Waals surface area contributed by atoms with Crippen molar-refractivity contribution in [2.24, 2.45) is 0 Å². The highest BCUT2D eigenvalue weighted by atomic mass is 14.3. The topological polar surface area (TPSA) is 0 Å². The maximum atomic E-state index is 2.34. The van der Waals surface area contributed by atoms with E-state index in [2.05, 4.69) is 121 Å². The van der Waals surface area contributed by atoms with Crippen LogP contribution < -0.4 is 0 Å². The lowest BCUT2D eigenvalue weighted by Gasteiger charge is -2.11. The first-order valence-corrected chi connectivity index (χ1v) is 12.8. The van der Waals surface area contributed by atoms with Gasteiger partial charge >= 0.3 is 0 Å². The summed E-state index contributed by atoms with van der Waals surface area (Å²) in [7, 11) is 0. The maximum Gasteiger partial charge on any atom is -0.000707 e. The normalized spacial score (nSPS) is 13.2. The number of benzene rings is 6.